The summed E-state index contributed by atoms with van der Waals surface area (Å²) in [6.45, 7) is 1.22. The van der Waals surface area contributed by atoms with Gasteiger partial charge in [-0.1, -0.05) is 24.3 Å². The normalized spacial score (nSPS) is 16.7. The van der Waals surface area contributed by atoms with Gasteiger partial charge in [0.1, 0.15) is 11.5 Å². The Labute approximate surface area is 175 Å². The topological polar surface area (TPSA) is 58.1 Å². The number of nitrogens with zero attached hydrogens (tertiary/aromatic N) is 2. The number of hydrogen-bond acceptors (Lipinski definition) is 4. The molecule has 30 heavy (non-hydrogen) atoms. The first-order chi connectivity index (χ1) is 14.5. The fraction of sp³-hybridized carbons (Fsp3) is 0.409. The SMILES string of the molecule is CN=C(NCc1ccc(OC)c(C)c1)NC1CCN(c2ccccc2OC(F)F)C1. The van der Waals surface area contributed by atoms with Crippen molar-refractivity contribution in [3.63, 3.8) is 0 Å². The van der Waals surface area contributed by atoms with Gasteiger partial charge < -0.3 is 25.0 Å². The van der Waals surface area contributed by atoms with Gasteiger partial charge >= 0.3 is 6.61 Å². The maximum Gasteiger partial charge on any atom is 0.387 e. The lowest BCUT2D eigenvalue weighted by Crippen LogP contribution is -2.44. The van der Waals surface area contributed by atoms with Crippen LogP contribution in [0.2, 0.25) is 0 Å². The van der Waals surface area contributed by atoms with Crippen molar-refractivity contribution >= 4 is 11.6 Å². The van der Waals surface area contributed by atoms with Gasteiger partial charge in [0, 0.05) is 32.7 Å². The number of hydrogen-bond donors (Lipinski definition) is 2. The highest BCUT2D eigenvalue weighted by molar-refractivity contribution is 5.80. The summed E-state index contributed by atoms with van der Waals surface area (Å²) in [5, 5.41) is 6.74. The Morgan fingerprint density at radius 1 is 1.23 bits per heavy atom. The molecule has 0 saturated carbocycles. The van der Waals surface area contributed by atoms with Crippen LogP contribution in [0.3, 0.4) is 0 Å². The lowest BCUT2D eigenvalue weighted by atomic mass is 10.1. The van der Waals surface area contributed by atoms with Crippen LogP contribution in [0.1, 0.15) is 17.5 Å². The third kappa shape index (κ3) is 5.52. The van der Waals surface area contributed by atoms with Gasteiger partial charge in [-0.3, -0.25) is 4.99 Å². The van der Waals surface area contributed by atoms with Crippen LogP contribution in [0, 0.1) is 6.92 Å². The number of nitrogens with one attached hydrogen (secondary N) is 2. The van der Waals surface area contributed by atoms with E-state index in [1.54, 1.807) is 32.4 Å². The molecule has 162 valence electrons. The number of ether oxygens (including phenoxy) is 2. The van der Waals surface area contributed by atoms with Gasteiger partial charge in [-0.15, -0.1) is 0 Å². The third-order valence-corrected chi connectivity index (χ3v) is 5.09. The monoisotopic (exact) mass is 418 g/mol. The molecule has 1 fully saturated rings. The zero-order valence-electron chi connectivity index (χ0n) is 17.5. The van der Waals surface area contributed by atoms with Gasteiger partial charge in [-0.05, 0) is 42.7 Å². The smallest absolute Gasteiger partial charge is 0.387 e. The van der Waals surface area contributed by atoms with Crippen molar-refractivity contribution in [2.45, 2.75) is 32.5 Å². The van der Waals surface area contributed by atoms with E-state index in [0.717, 1.165) is 29.8 Å². The predicted molar refractivity (Wildman–Crippen MR) is 115 cm³/mol. The summed E-state index contributed by atoms with van der Waals surface area (Å²) in [6, 6.07) is 13.1. The number of rotatable bonds is 7. The Morgan fingerprint density at radius 2 is 2.03 bits per heavy atom. The second-order valence-corrected chi connectivity index (χ2v) is 7.15. The first kappa shape index (κ1) is 21.7. The minimum absolute atomic E-state index is 0.147. The fourth-order valence-electron chi connectivity index (χ4n) is 3.64. The van der Waals surface area contributed by atoms with Gasteiger partial charge in [0.2, 0.25) is 0 Å². The molecular formula is C22H28F2N4O2. The second-order valence-electron chi connectivity index (χ2n) is 7.15. The first-order valence-corrected chi connectivity index (χ1v) is 9.89. The highest BCUT2D eigenvalue weighted by Gasteiger charge is 2.26. The average molecular weight is 418 g/mol. The molecule has 0 aromatic heterocycles. The molecule has 2 N–H and O–H groups in total. The van der Waals surface area contributed by atoms with E-state index >= 15 is 0 Å². The number of methoxy groups -OCH3 is 1. The lowest BCUT2D eigenvalue weighted by Gasteiger charge is -2.22. The van der Waals surface area contributed by atoms with Crippen LogP contribution in [0.25, 0.3) is 0 Å². The Morgan fingerprint density at radius 3 is 2.73 bits per heavy atom. The van der Waals surface area contributed by atoms with E-state index < -0.39 is 6.61 Å². The summed E-state index contributed by atoms with van der Waals surface area (Å²) in [5.41, 5.74) is 2.89. The third-order valence-electron chi connectivity index (χ3n) is 5.09. The van der Waals surface area contributed by atoms with Crippen LogP contribution in [-0.4, -0.2) is 45.9 Å². The van der Waals surface area contributed by atoms with Crippen LogP contribution in [0.5, 0.6) is 11.5 Å². The maximum absolute atomic E-state index is 12.7. The highest BCUT2D eigenvalue weighted by Crippen LogP contribution is 2.31. The van der Waals surface area contributed by atoms with Crippen LogP contribution < -0.4 is 25.0 Å². The van der Waals surface area contributed by atoms with E-state index in [0.29, 0.717) is 24.7 Å². The van der Waals surface area contributed by atoms with Crippen molar-refractivity contribution < 1.29 is 18.3 Å². The predicted octanol–water partition coefficient (Wildman–Crippen LogP) is 3.55. The number of aryl methyl sites for hydroxylation is 1. The van der Waals surface area contributed by atoms with Crippen LogP contribution in [-0.2, 0) is 6.54 Å². The van der Waals surface area contributed by atoms with Crippen molar-refractivity contribution in [3.05, 3.63) is 53.6 Å². The van der Waals surface area contributed by atoms with E-state index in [1.165, 1.54) is 0 Å². The number of aliphatic imine (C=N–C) groups is 1. The molecule has 0 radical (unpaired) electrons. The molecule has 0 bridgehead atoms. The van der Waals surface area contributed by atoms with Crippen molar-refractivity contribution in [1.82, 2.24) is 10.6 Å². The molecule has 2 aromatic rings. The number of alkyl halides is 2. The van der Waals surface area contributed by atoms with Crippen molar-refractivity contribution in [1.29, 1.82) is 0 Å². The van der Waals surface area contributed by atoms with E-state index in [-0.39, 0.29) is 11.8 Å². The molecule has 6 nitrogen and oxygen atoms in total. The summed E-state index contributed by atoms with van der Waals surface area (Å²) in [5.74, 6) is 1.77. The zero-order valence-corrected chi connectivity index (χ0v) is 17.5. The van der Waals surface area contributed by atoms with Crippen molar-refractivity contribution in [3.8, 4) is 11.5 Å². The summed E-state index contributed by atoms with van der Waals surface area (Å²) < 4.78 is 35.3. The summed E-state index contributed by atoms with van der Waals surface area (Å²) in [6.07, 6.45) is 0.866. The van der Waals surface area contributed by atoms with Crippen LogP contribution >= 0.6 is 0 Å². The Balaban J connectivity index is 1.56. The number of guanidine groups is 1. The summed E-state index contributed by atoms with van der Waals surface area (Å²) >= 11 is 0. The van der Waals surface area contributed by atoms with Gasteiger partial charge in [-0.2, -0.15) is 8.78 Å². The molecule has 1 atom stereocenters. The number of para-hydroxylation sites is 2. The fourth-order valence-corrected chi connectivity index (χ4v) is 3.64. The molecule has 1 aliphatic rings. The Bertz CT molecular complexity index is 876. The van der Waals surface area contributed by atoms with Gasteiger partial charge in [-0.25, -0.2) is 0 Å². The highest BCUT2D eigenvalue weighted by atomic mass is 19.3. The van der Waals surface area contributed by atoms with Gasteiger partial charge in [0.25, 0.3) is 0 Å². The van der Waals surface area contributed by atoms with Crippen LogP contribution in [0.15, 0.2) is 47.5 Å². The van der Waals surface area contributed by atoms with Gasteiger partial charge in [0.15, 0.2) is 5.96 Å². The minimum atomic E-state index is -2.84. The standard InChI is InChI=1S/C22H28F2N4O2/c1-15-12-16(8-9-19(15)29-3)13-26-22(25-2)27-17-10-11-28(14-17)18-6-4-5-7-20(18)30-21(23)24/h4-9,12,17,21H,10-11,13-14H2,1-3H3,(H2,25,26,27). The molecule has 3 rings (SSSR count). The molecule has 1 heterocycles. The van der Waals surface area contributed by atoms with Crippen molar-refractivity contribution in [2.75, 3.05) is 32.1 Å². The average Bonchev–Trinajstić information content (AvgIpc) is 3.19. The maximum atomic E-state index is 12.7. The van der Waals surface area contributed by atoms with E-state index in [2.05, 4.69) is 31.3 Å². The number of halogens is 2. The van der Waals surface area contributed by atoms with Gasteiger partial charge in [0.05, 0.1) is 12.8 Å². The molecule has 1 saturated heterocycles. The molecule has 1 unspecified atom stereocenters. The van der Waals surface area contributed by atoms with E-state index in [9.17, 15) is 8.78 Å². The van der Waals surface area contributed by atoms with Crippen LogP contribution in [0.4, 0.5) is 14.5 Å². The molecule has 0 spiro atoms. The Hall–Kier alpha value is -3.03. The first-order valence-electron chi connectivity index (χ1n) is 9.89. The Kier molecular flexibility index (Phi) is 7.32. The quantitative estimate of drug-likeness (QED) is 0.532. The largest absolute Gasteiger partial charge is 0.496 e. The summed E-state index contributed by atoms with van der Waals surface area (Å²) in [7, 11) is 3.39. The minimum Gasteiger partial charge on any atom is -0.496 e. The van der Waals surface area contributed by atoms with E-state index in [1.807, 2.05) is 25.1 Å². The van der Waals surface area contributed by atoms with E-state index in [4.69, 9.17) is 4.74 Å². The van der Waals surface area contributed by atoms with Crippen molar-refractivity contribution in [2.24, 2.45) is 4.99 Å². The zero-order chi connectivity index (χ0) is 21.5. The second kappa shape index (κ2) is 10.1. The number of benzene rings is 2. The molecule has 0 aliphatic carbocycles. The summed E-state index contributed by atoms with van der Waals surface area (Å²) in [4.78, 5) is 6.36. The molecule has 0 amide bonds. The lowest BCUT2D eigenvalue weighted by molar-refractivity contribution is -0.0495. The molecule has 2 aromatic carbocycles. The number of anilines is 1. The molecular weight excluding hydrogens is 390 g/mol. The molecule has 8 heteroatoms. The molecule has 1 aliphatic heterocycles.